The van der Waals surface area contributed by atoms with Crippen LogP contribution in [-0.4, -0.2) is 31.2 Å². The van der Waals surface area contributed by atoms with Crippen molar-refractivity contribution >= 4 is 35.4 Å². The van der Waals surface area contributed by atoms with Gasteiger partial charge < -0.3 is 19.9 Å². The van der Waals surface area contributed by atoms with Crippen LogP contribution in [0.5, 0.6) is 11.5 Å². The average molecular weight is 357 g/mol. The van der Waals surface area contributed by atoms with Gasteiger partial charge in [-0.25, -0.2) is 4.79 Å². The smallest absolute Gasteiger partial charge is 0.335 e. The van der Waals surface area contributed by atoms with Gasteiger partial charge in [-0.1, -0.05) is 17.8 Å². The number of methoxy groups -OCH3 is 2. The Morgan fingerprint density at radius 3 is 2.56 bits per heavy atom. The lowest BCUT2D eigenvalue weighted by Crippen LogP contribution is -2.17. The fourth-order valence-corrected chi connectivity index (χ4v) is 3.32. The van der Waals surface area contributed by atoms with Gasteiger partial charge in [-0.05, 0) is 42.0 Å². The lowest BCUT2D eigenvalue weighted by atomic mass is 10.1. The van der Waals surface area contributed by atoms with E-state index in [9.17, 15) is 9.59 Å². The molecule has 0 unspecified atom stereocenters. The van der Waals surface area contributed by atoms with Gasteiger partial charge in [0.2, 0.25) is 0 Å². The van der Waals surface area contributed by atoms with Crippen LogP contribution in [-0.2, 0) is 4.79 Å². The molecule has 1 aliphatic rings. The molecular formula is C18H15NO5S. The SMILES string of the molecule is COc1ccc(/C=C2\Sc3ccc(C(=O)O)cc3NC2=O)cc1OC. The van der Waals surface area contributed by atoms with Gasteiger partial charge in [-0.15, -0.1) is 0 Å². The van der Waals surface area contributed by atoms with E-state index in [1.165, 1.54) is 23.9 Å². The Morgan fingerprint density at radius 2 is 1.88 bits per heavy atom. The summed E-state index contributed by atoms with van der Waals surface area (Å²) in [5.74, 6) is -0.134. The van der Waals surface area contributed by atoms with Gasteiger partial charge in [0.1, 0.15) is 0 Å². The van der Waals surface area contributed by atoms with Crippen LogP contribution in [0.2, 0.25) is 0 Å². The molecule has 7 heteroatoms. The van der Waals surface area contributed by atoms with Gasteiger partial charge >= 0.3 is 5.97 Å². The fourth-order valence-electron chi connectivity index (χ4n) is 2.39. The van der Waals surface area contributed by atoms with Crippen molar-refractivity contribution < 1.29 is 24.2 Å². The molecule has 25 heavy (non-hydrogen) atoms. The largest absolute Gasteiger partial charge is 0.493 e. The summed E-state index contributed by atoms with van der Waals surface area (Å²) in [6.07, 6.45) is 1.75. The van der Waals surface area contributed by atoms with Crippen LogP contribution >= 0.6 is 11.8 Å². The molecule has 1 amide bonds. The lowest BCUT2D eigenvalue weighted by Gasteiger charge is -2.19. The van der Waals surface area contributed by atoms with Crippen LogP contribution in [0.15, 0.2) is 46.2 Å². The minimum absolute atomic E-state index is 0.131. The van der Waals surface area contributed by atoms with E-state index in [1.54, 1.807) is 38.5 Å². The molecule has 0 fully saturated rings. The van der Waals surface area contributed by atoms with Crippen molar-refractivity contribution in [2.45, 2.75) is 4.90 Å². The predicted molar refractivity (Wildman–Crippen MR) is 95.4 cm³/mol. The van der Waals surface area contributed by atoms with Crippen LogP contribution < -0.4 is 14.8 Å². The maximum absolute atomic E-state index is 12.3. The van der Waals surface area contributed by atoms with Gasteiger partial charge in [-0.3, -0.25) is 4.79 Å². The van der Waals surface area contributed by atoms with E-state index in [1.807, 2.05) is 6.07 Å². The summed E-state index contributed by atoms with van der Waals surface area (Å²) in [4.78, 5) is 24.6. The number of aromatic carboxylic acids is 1. The van der Waals surface area contributed by atoms with Gasteiger partial charge in [-0.2, -0.15) is 0 Å². The second kappa shape index (κ2) is 6.90. The van der Waals surface area contributed by atoms with Gasteiger partial charge in [0.05, 0.1) is 30.4 Å². The van der Waals surface area contributed by atoms with Crippen LogP contribution in [0.1, 0.15) is 15.9 Å². The van der Waals surface area contributed by atoms with Gasteiger partial charge in [0.25, 0.3) is 5.91 Å². The molecule has 2 aromatic rings. The van der Waals surface area contributed by atoms with E-state index in [0.29, 0.717) is 22.1 Å². The second-order valence-corrected chi connectivity index (χ2v) is 6.28. The Kier molecular flexibility index (Phi) is 4.67. The third-order valence-electron chi connectivity index (χ3n) is 3.62. The maximum Gasteiger partial charge on any atom is 0.335 e. The highest BCUT2D eigenvalue weighted by Crippen LogP contribution is 2.40. The van der Waals surface area contributed by atoms with E-state index < -0.39 is 5.97 Å². The summed E-state index contributed by atoms with van der Waals surface area (Å²) in [6.45, 7) is 0. The van der Waals surface area contributed by atoms with Gasteiger partial charge in [0, 0.05) is 4.90 Å². The van der Waals surface area contributed by atoms with Crippen LogP contribution in [0.3, 0.4) is 0 Å². The van der Waals surface area contributed by atoms with E-state index in [-0.39, 0.29) is 11.5 Å². The minimum atomic E-state index is -1.03. The van der Waals surface area contributed by atoms with Crippen LogP contribution in [0.4, 0.5) is 5.69 Å². The highest BCUT2D eigenvalue weighted by Gasteiger charge is 2.22. The van der Waals surface area contributed by atoms with Crippen molar-refractivity contribution in [3.05, 3.63) is 52.4 Å². The number of thioether (sulfide) groups is 1. The first-order valence-corrected chi connectivity index (χ1v) is 8.13. The third-order valence-corrected chi connectivity index (χ3v) is 4.72. The summed E-state index contributed by atoms with van der Waals surface area (Å²) < 4.78 is 10.5. The monoisotopic (exact) mass is 357 g/mol. The van der Waals surface area contributed by atoms with E-state index in [2.05, 4.69) is 5.32 Å². The Balaban J connectivity index is 1.93. The summed E-state index contributed by atoms with van der Waals surface area (Å²) in [6, 6.07) is 10.0. The standard InChI is InChI=1S/C18H15NO5S/c1-23-13-5-3-10(7-14(13)24-2)8-16-17(20)19-12-9-11(18(21)22)4-6-15(12)25-16/h3-9H,1-2H3,(H,19,20)(H,21,22)/b16-8-. The van der Waals surface area contributed by atoms with Crippen molar-refractivity contribution in [3.8, 4) is 11.5 Å². The first-order chi connectivity index (χ1) is 12.0. The molecule has 3 rings (SSSR count). The number of carbonyl (C=O) groups is 2. The molecule has 0 spiro atoms. The highest BCUT2D eigenvalue weighted by atomic mass is 32.2. The number of fused-ring (bicyclic) bond motifs is 1. The van der Waals surface area contributed by atoms with E-state index in [4.69, 9.17) is 14.6 Å². The number of carboxylic acid groups (broad SMARTS) is 1. The zero-order valence-electron chi connectivity index (χ0n) is 13.5. The maximum atomic E-state index is 12.3. The number of rotatable bonds is 4. The zero-order chi connectivity index (χ0) is 18.0. The average Bonchev–Trinajstić information content (AvgIpc) is 2.61. The molecule has 0 aromatic heterocycles. The summed E-state index contributed by atoms with van der Waals surface area (Å²) in [5, 5.41) is 11.8. The molecule has 0 saturated carbocycles. The molecule has 0 radical (unpaired) electrons. The Morgan fingerprint density at radius 1 is 1.12 bits per heavy atom. The number of benzene rings is 2. The number of hydrogen-bond acceptors (Lipinski definition) is 5. The summed E-state index contributed by atoms with van der Waals surface area (Å²) in [5.41, 5.74) is 1.42. The number of carboxylic acids is 1. The zero-order valence-corrected chi connectivity index (χ0v) is 14.3. The molecule has 1 heterocycles. The molecule has 128 valence electrons. The molecule has 0 aliphatic carbocycles. The number of carbonyl (C=O) groups excluding carboxylic acids is 1. The predicted octanol–water partition coefficient (Wildman–Crippen LogP) is 3.49. The second-order valence-electron chi connectivity index (χ2n) is 5.20. The normalized spacial score (nSPS) is 14.6. The Hall–Kier alpha value is -2.93. The molecule has 6 nitrogen and oxygen atoms in total. The number of nitrogens with one attached hydrogen (secondary N) is 1. The number of ether oxygens (including phenoxy) is 2. The molecule has 1 aliphatic heterocycles. The van der Waals surface area contributed by atoms with Crippen LogP contribution in [0.25, 0.3) is 6.08 Å². The number of hydrogen-bond donors (Lipinski definition) is 2. The molecule has 0 atom stereocenters. The van der Waals surface area contributed by atoms with Crippen molar-refractivity contribution in [2.24, 2.45) is 0 Å². The van der Waals surface area contributed by atoms with Gasteiger partial charge in [0.15, 0.2) is 11.5 Å². The Labute approximate surface area is 148 Å². The van der Waals surface area contributed by atoms with Crippen molar-refractivity contribution in [2.75, 3.05) is 19.5 Å². The number of amides is 1. The summed E-state index contributed by atoms with van der Waals surface area (Å²) in [7, 11) is 3.11. The highest BCUT2D eigenvalue weighted by molar-refractivity contribution is 8.04. The van der Waals surface area contributed by atoms with Crippen molar-refractivity contribution in [3.63, 3.8) is 0 Å². The van der Waals surface area contributed by atoms with Crippen LogP contribution in [0, 0.1) is 0 Å². The molecule has 0 bridgehead atoms. The van der Waals surface area contributed by atoms with Crippen molar-refractivity contribution in [1.29, 1.82) is 0 Å². The topological polar surface area (TPSA) is 84.9 Å². The fraction of sp³-hybridized carbons (Fsp3) is 0.111. The first-order valence-electron chi connectivity index (χ1n) is 7.32. The molecule has 2 aromatic carbocycles. The number of anilines is 1. The van der Waals surface area contributed by atoms with E-state index in [0.717, 1.165) is 10.5 Å². The third kappa shape index (κ3) is 3.46. The van der Waals surface area contributed by atoms with Crippen molar-refractivity contribution in [1.82, 2.24) is 0 Å². The summed E-state index contributed by atoms with van der Waals surface area (Å²) >= 11 is 1.29. The lowest BCUT2D eigenvalue weighted by molar-refractivity contribution is -0.112. The molecule has 0 saturated heterocycles. The Bertz CT molecular complexity index is 891. The molecule has 2 N–H and O–H groups in total. The van der Waals surface area contributed by atoms with E-state index >= 15 is 0 Å². The molecular weight excluding hydrogens is 342 g/mol. The first kappa shape index (κ1) is 16.9. The minimum Gasteiger partial charge on any atom is -0.493 e. The quantitative estimate of drug-likeness (QED) is 0.815.